The van der Waals surface area contributed by atoms with Crippen LogP contribution in [0.3, 0.4) is 0 Å². The minimum absolute atomic E-state index is 0.361. The average molecular weight is 220 g/mol. The van der Waals surface area contributed by atoms with Crippen molar-refractivity contribution < 1.29 is 5.11 Å². The smallest absolute Gasteiger partial charge is 0.115 e. The van der Waals surface area contributed by atoms with E-state index in [2.05, 4.69) is 16.3 Å². The molecule has 1 aliphatic rings. The highest BCUT2D eigenvalue weighted by Crippen LogP contribution is 2.16. The molecule has 3 heteroatoms. The molecule has 16 heavy (non-hydrogen) atoms. The highest BCUT2D eigenvalue weighted by molar-refractivity contribution is 5.27. The van der Waals surface area contributed by atoms with Gasteiger partial charge in [-0.3, -0.25) is 4.90 Å². The lowest BCUT2D eigenvalue weighted by Gasteiger charge is -2.32. The van der Waals surface area contributed by atoms with Gasteiger partial charge in [0.25, 0.3) is 0 Å². The van der Waals surface area contributed by atoms with Crippen LogP contribution in [-0.2, 0) is 6.54 Å². The zero-order chi connectivity index (χ0) is 11.4. The highest BCUT2D eigenvalue weighted by atomic mass is 16.3. The summed E-state index contributed by atoms with van der Waals surface area (Å²) in [6, 6.07) is 8.16. The molecule has 0 aliphatic carbocycles. The van der Waals surface area contributed by atoms with Crippen molar-refractivity contribution in [2.75, 3.05) is 20.1 Å². The highest BCUT2D eigenvalue weighted by Gasteiger charge is 2.18. The molecule has 2 N–H and O–H groups in total. The Kier molecular flexibility index (Phi) is 3.80. The maximum atomic E-state index is 9.41. The first-order valence-corrected chi connectivity index (χ1v) is 5.95. The van der Waals surface area contributed by atoms with Crippen LogP contribution >= 0.6 is 0 Å². The first-order chi connectivity index (χ1) is 7.78. The Hall–Kier alpha value is -1.06. The second-order valence-electron chi connectivity index (χ2n) is 4.53. The molecule has 1 atom stereocenters. The fourth-order valence-corrected chi connectivity index (χ4v) is 2.35. The number of hydrogen-bond donors (Lipinski definition) is 2. The summed E-state index contributed by atoms with van der Waals surface area (Å²) in [5, 5.41) is 12.7. The predicted octanol–water partition coefficient (Wildman–Crippen LogP) is 1.58. The topological polar surface area (TPSA) is 35.5 Å². The number of aromatic hydroxyl groups is 1. The van der Waals surface area contributed by atoms with Gasteiger partial charge in [-0.1, -0.05) is 12.1 Å². The third-order valence-electron chi connectivity index (χ3n) is 3.23. The van der Waals surface area contributed by atoms with Crippen LogP contribution in [0.2, 0.25) is 0 Å². The van der Waals surface area contributed by atoms with Gasteiger partial charge in [0, 0.05) is 19.1 Å². The lowest BCUT2D eigenvalue weighted by molar-refractivity contribution is 0.188. The molecule has 1 fully saturated rings. The van der Waals surface area contributed by atoms with Crippen LogP contribution in [0, 0.1) is 0 Å². The van der Waals surface area contributed by atoms with E-state index >= 15 is 0 Å². The van der Waals surface area contributed by atoms with E-state index in [-0.39, 0.29) is 0 Å². The molecular formula is C13H20N2O. The maximum Gasteiger partial charge on any atom is 0.115 e. The number of likely N-dealkylation sites (N-methyl/N-ethyl adjacent to an activating group) is 1. The largest absolute Gasteiger partial charge is 0.508 e. The van der Waals surface area contributed by atoms with Crippen molar-refractivity contribution in [3.8, 4) is 5.75 Å². The van der Waals surface area contributed by atoms with Gasteiger partial charge >= 0.3 is 0 Å². The zero-order valence-electron chi connectivity index (χ0n) is 9.82. The van der Waals surface area contributed by atoms with Gasteiger partial charge < -0.3 is 10.4 Å². The molecule has 0 saturated carbocycles. The molecule has 88 valence electrons. The third kappa shape index (κ3) is 2.97. The van der Waals surface area contributed by atoms with E-state index in [0.717, 1.165) is 19.6 Å². The van der Waals surface area contributed by atoms with Gasteiger partial charge in [0.1, 0.15) is 5.75 Å². The number of nitrogens with one attached hydrogen (secondary N) is 1. The first-order valence-electron chi connectivity index (χ1n) is 5.95. The van der Waals surface area contributed by atoms with Crippen molar-refractivity contribution in [3.63, 3.8) is 0 Å². The number of phenols is 1. The van der Waals surface area contributed by atoms with Crippen molar-refractivity contribution in [2.45, 2.75) is 25.4 Å². The van der Waals surface area contributed by atoms with Gasteiger partial charge in [-0.2, -0.15) is 0 Å². The molecule has 0 radical (unpaired) electrons. The third-order valence-corrected chi connectivity index (χ3v) is 3.23. The van der Waals surface area contributed by atoms with Gasteiger partial charge in [0.15, 0.2) is 0 Å². The van der Waals surface area contributed by atoms with Gasteiger partial charge in [0.2, 0.25) is 0 Å². The standard InChI is InChI=1S/C13H20N2O/c1-14-12-5-3-7-15(10-12)9-11-4-2-6-13(16)8-11/h2,4,6,8,12,14,16H,3,5,7,9-10H2,1H3. The molecule has 0 amide bonds. The van der Waals surface area contributed by atoms with Crippen molar-refractivity contribution in [2.24, 2.45) is 0 Å². The molecule has 1 heterocycles. The monoisotopic (exact) mass is 220 g/mol. The lowest BCUT2D eigenvalue weighted by Crippen LogP contribution is -2.43. The van der Waals surface area contributed by atoms with E-state index in [0.29, 0.717) is 11.8 Å². The van der Waals surface area contributed by atoms with E-state index in [1.54, 1.807) is 6.07 Å². The first kappa shape index (κ1) is 11.4. The summed E-state index contributed by atoms with van der Waals surface area (Å²) in [5.41, 5.74) is 1.19. The molecule has 1 aliphatic heterocycles. The Morgan fingerprint density at radius 2 is 2.38 bits per heavy atom. The minimum Gasteiger partial charge on any atom is -0.508 e. The molecule has 1 aromatic rings. The molecule has 0 bridgehead atoms. The van der Waals surface area contributed by atoms with Crippen LogP contribution in [0.15, 0.2) is 24.3 Å². The maximum absolute atomic E-state index is 9.41. The second kappa shape index (κ2) is 5.32. The predicted molar refractivity (Wildman–Crippen MR) is 65.5 cm³/mol. The quantitative estimate of drug-likeness (QED) is 0.811. The summed E-state index contributed by atoms with van der Waals surface area (Å²) in [5.74, 6) is 0.361. The summed E-state index contributed by atoms with van der Waals surface area (Å²) in [6.45, 7) is 3.20. The van der Waals surface area contributed by atoms with Crippen molar-refractivity contribution in [1.29, 1.82) is 0 Å². The zero-order valence-corrected chi connectivity index (χ0v) is 9.82. The summed E-state index contributed by atoms with van der Waals surface area (Å²) in [7, 11) is 2.03. The van der Waals surface area contributed by atoms with Gasteiger partial charge in [-0.05, 0) is 44.1 Å². The van der Waals surface area contributed by atoms with Crippen LogP contribution in [0.1, 0.15) is 18.4 Å². The van der Waals surface area contributed by atoms with Crippen LogP contribution in [0.5, 0.6) is 5.75 Å². The number of likely N-dealkylation sites (tertiary alicyclic amines) is 1. The SMILES string of the molecule is CNC1CCCN(Cc2cccc(O)c2)C1. The molecular weight excluding hydrogens is 200 g/mol. The summed E-state index contributed by atoms with van der Waals surface area (Å²) >= 11 is 0. The minimum atomic E-state index is 0.361. The van der Waals surface area contributed by atoms with Crippen LogP contribution < -0.4 is 5.32 Å². The number of piperidine rings is 1. The van der Waals surface area contributed by atoms with Crippen LogP contribution in [0.25, 0.3) is 0 Å². The summed E-state index contributed by atoms with van der Waals surface area (Å²) < 4.78 is 0. The summed E-state index contributed by atoms with van der Waals surface area (Å²) in [6.07, 6.45) is 2.53. The van der Waals surface area contributed by atoms with E-state index in [1.807, 2.05) is 19.2 Å². The summed E-state index contributed by atoms with van der Waals surface area (Å²) in [4.78, 5) is 2.44. The Bertz CT molecular complexity index is 340. The van der Waals surface area contributed by atoms with Crippen LogP contribution in [0.4, 0.5) is 0 Å². The molecule has 0 spiro atoms. The fourth-order valence-electron chi connectivity index (χ4n) is 2.35. The lowest BCUT2D eigenvalue weighted by atomic mass is 10.1. The van der Waals surface area contributed by atoms with Crippen molar-refractivity contribution in [3.05, 3.63) is 29.8 Å². The van der Waals surface area contributed by atoms with Gasteiger partial charge in [-0.15, -0.1) is 0 Å². The second-order valence-corrected chi connectivity index (χ2v) is 4.53. The Morgan fingerprint density at radius 3 is 3.12 bits per heavy atom. The van der Waals surface area contributed by atoms with Gasteiger partial charge in [0.05, 0.1) is 0 Å². The molecule has 1 unspecified atom stereocenters. The number of nitrogens with zero attached hydrogens (tertiary/aromatic N) is 1. The molecule has 0 aromatic heterocycles. The van der Waals surface area contributed by atoms with E-state index in [4.69, 9.17) is 0 Å². The van der Waals surface area contributed by atoms with Crippen LogP contribution in [-0.4, -0.2) is 36.2 Å². The fraction of sp³-hybridized carbons (Fsp3) is 0.538. The molecule has 1 aromatic carbocycles. The number of benzene rings is 1. The number of phenolic OH excluding ortho intramolecular Hbond substituents is 1. The molecule has 3 nitrogen and oxygen atoms in total. The average Bonchev–Trinajstić information content (AvgIpc) is 2.29. The Balaban J connectivity index is 1.94. The Labute approximate surface area is 97.1 Å². The van der Waals surface area contributed by atoms with Crippen molar-refractivity contribution >= 4 is 0 Å². The van der Waals surface area contributed by atoms with Crippen molar-refractivity contribution in [1.82, 2.24) is 10.2 Å². The van der Waals surface area contributed by atoms with Gasteiger partial charge in [-0.25, -0.2) is 0 Å². The molecule has 2 rings (SSSR count). The number of hydrogen-bond acceptors (Lipinski definition) is 3. The van der Waals surface area contributed by atoms with E-state index in [9.17, 15) is 5.11 Å². The van der Waals surface area contributed by atoms with E-state index < -0.39 is 0 Å². The van der Waals surface area contributed by atoms with E-state index in [1.165, 1.54) is 18.4 Å². The molecule has 1 saturated heterocycles. The number of rotatable bonds is 3. The Morgan fingerprint density at radius 1 is 1.50 bits per heavy atom. The normalized spacial score (nSPS) is 22.2.